The Labute approximate surface area is 135 Å². The van der Waals surface area contributed by atoms with Crippen LogP contribution in [0, 0.1) is 0 Å². The number of aromatic nitrogens is 3. The van der Waals surface area contributed by atoms with Crippen LogP contribution in [0.2, 0.25) is 0 Å². The van der Waals surface area contributed by atoms with E-state index >= 15 is 0 Å². The van der Waals surface area contributed by atoms with Crippen molar-refractivity contribution in [3.8, 4) is 34.1 Å². The van der Waals surface area contributed by atoms with Gasteiger partial charge in [-0.25, -0.2) is 4.98 Å². The van der Waals surface area contributed by atoms with Crippen molar-refractivity contribution >= 4 is 0 Å². The van der Waals surface area contributed by atoms with Gasteiger partial charge in [-0.05, 0) is 44.2 Å². The third kappa shape index (κ3) is 3.34. The van der Waals surface area contributed by atoms with Gasteiger partial charge in [0.25, 0.3) is 0 Å². The van der Waals surface area contributed by atoms with E-state index in [9.17, 15) is 0 Å². The van der Waals surface area contributed by atoms with Gasteiger partial charge in [0, 0.05) is 23.5 Å². The summed E-state index contributed by atoms with van der Waals surface area (Å²) in [7, 11) is 0. The number of H-pyrrole nitrogens is 1. The molecule has 0 aliphatic heterocycles. The Morgan fingerprint density at radius 2 is 1.65 bits per heavy atom. The van der Waals surface area contributed by atoms with Gasteiger partial charge in [-0.2, -0.15) is 0 Å². The molecular formula is C18H19N3O2. The lowest BCUT2D eigenvalue weighted by atomic mass is 10.1. The minimum absolute atomic E-state index is 0.592. The SMILES string of the molecule is CCOc1ccc(-c2cnc(-c3ccncc3)[nH]2)cc1OCC. The number of nitrogens with one attached hydrogen (secondary N) is 1. The van der Waals surface area contributed by atoms with Crippen molar-refractivity contribution in [1.29, 1.82) is 0 Å². The molecule has 0 radical (unpaired) electrons. The van der Waals surface area contributed by atoms with Crippen LogP contribution in [0.1, 0.15) is 13.8 Å². The number of ether oxygens (including phenoxy) is 2. The number of imidazole rings is 1. The summed E-state index contributed by atoms with van der Waals surface area (Å²) in [5.41, 5.74) is 2.94. The number of hydrogen-bond donors (Lipinski definition) is 1. The molecule has 0 aliphatic rings. The molecule has 5 heteroatoms. The lowest BCUT2D eigenvalue weighted by Crippen LogP contribution is -1.98. The molecule has 0 atom stereocenters. The highest BCUT2D eigenvalue weighted by atomic mass is 16.5. The monoisotopic (exact) mass is 309 g/mol. The number of nitrogens with zero attached hydrogens (tertiary/aromatic N) is 2. The van der Waals surface area contributed by atoms with Crippen molar-refractivity contribution in [2.45, 2.75) is 13.8 Å². The molecule has 2 aromatic heterocycles. The van der Waals surface area contributed by atoms with E-state index < -0.39 is 0 Å². The van der Waals surface area contributed by atoms with Gasteiger partial charge in [-0.3, -0.25) is 4.98 Å². The molecule has 118 valence electrons. The van der Waals surface area contributed by atoms with Crippen LogP contribution in [0.3, 0.4) is 0 Å². The number of aromatic amines is 1. The summed E-state index contributed by atoms with van der Waals surface area (Å²) >= 11 is 0. The van der Waals surface area contributed by atoms with Crippen molar-refractivity contribution in [2.24, 2.45) is 0 Å². The lowest BCUT2D eigenvalue weighted by Gasteiger charge is -2.11. The molecule has 2 heterocycles. The van der Waals surface area contributed by atoms with Gasteiger partial charge in [0.05, 0.1) is 25.1 Å². The largest absolute Gasteiger partial charge is 0.490 e. The van der Waals surface area contributed by atoms with E-state index in [0.717, 1.165) is 34.1 Å². The van der Waals surface area contributed by atoms with Crippen LogP contribution in [0.4, 0.5) is 0 Å². The predicted octanol–water partition coefficient (Wildman–Crippen LogP) is 3.94. The van der Waals surface area contributed by atoms with E-state index in [-0.39, 0.29) is 0 Å². The number of benzene rings is 1. The first kappa shape index (κ1) is 15.1. The van der Waals surface area contributed by atoms with Gasteiger partial charge in [0.15, 0.2) is 11.5 Å². The van der Waals surface area contributed by atoms with Gasteiger partial charge in [0.2, 0.25) is 0 Å². The summed E-state index contributed by atoms with van der Waals surface area (Å²) < 4.78 is 11.3. The van der Waals surface area contributed by atoms with Gasteiger partial charge in [-0.1, -0.05) is 0 Å². The molecule has 0 amide bonds. The fraction of sp³-hybridized carbons (Fsp3) is 0.222. The highest BCUT2D eigenvalue weighted by Crippen LogP contribution is 2.32. The van der Waals surface area contributed by atoms with E-state index in [4.69, 9.17) is 9.47 Å². The number of pyridine rings is 1. The molecule has 0 unspecified atom stereocenters. The Morgan fingerprint density at radius 1 is 0.913 bits per heavy atom. The van der Waals surface area contributed by atoms with E-state index in [2.05, 4.69) is 15.0 Å². The average Bonchev–Trinajstić information content (AvgIpc) is 3.08. The van der Waals surface area contributed by atoms with Crippen molar-refractivity contribution in [1.82, 2.24) is 15.0 Å². The Hall–Kier alpha value is -2.82. The molecule has 1 N–H and O–H groups in total. The zero-order valence-corrected chi connectivity index (χ0v) is 13.2. The van der Waals surface area contributed by atoms with E-state index in [1.54, 1.807) is 12.4 Å². The summed E-state index contributed by atoms with van der Waals surface area (Å²) in [5, 5.41) is 0. The third-order valence-electron chi connectivity index (χ3n) is 3.38. The van der Waals surface area contributed by atoms with Crippen molar-refractivity contribution in [3.63, 3.8) is 0 Å². The molecule has 0 saturated heterocycles. The Kier molecular flexibility index (Phi) is 4.57. The van der Waals surface area contributed by atoms with E-state index in [1.165, 1.54) is 0 Å². The summed E-state index contributed by atoms with van der Waals surface area (Å²) in [6.07, 6.45) is 5.32. The zero-order valence-electron chi connectivity index (χ0n) is 13.2. The summed E-state index contributed by atoms with van der Waals surface area (Å²) in [6, 6.07) is 9.74. The maximum atomic E-state index is 5.68. The Balaban J connectivity index is 1.93. The van der Waals surface area contributed by atoms with Crippen LogP contribution >= 0.6 is 0 Å². The fourth-order valence-corrected chi connectivity index (χ4v) is 2.34. The Bertz CT molecular complexity index is 769. The first-order chi connectivity index (χ1) is 11.3. The molecular weight excluding hydrogens is 290 g/mol. The standard InChI is InChI=1S/C18H19N3O2/c1-3-22-16-6-5-14(11-17(16)23-4-2)15-12-20-18(21-15)13-7-9-19-10-8-13/h5-12H,3-4H2,1-2H3,(H,20,21). The van der Waals surface area contributed by atoms with E-state index in [0.29, 0.717) is 13.2 Å². The molecule has 3 aromatic rings. The molecule has 0 bridgehead atoms. The normalized spacial score (nSPS) is 10.5. The summed E-state index contributed by atoms with van der Waals surface area (Å²) in [6.45, 7) is 5.12. The van der Waals surface area contributed by atoms with Gasteiger partial charge < -0.3 is 14.5 Å². The minimum atomic E-state index is 0.592. The second-order valence-corrected chi connectivity index (χ2v) is 4.91. The maximum absolute atomic E-state index is 5.68. The van der Waals surface area contributed by atoms with E-state index in [1.807, 2.05) is 50.4 Å². The smallest absolute Gasteiger partial charge is 0.161 e. The summed E-state index contributed by atoms with van der Waals surface area (Å²) in [5.74, 6) is 2.31. The molecule has 5 nitrogen and oxygen atoms in total. The Morgan fingerprint density at radius 3 is 2.39 bits per heavy atom. The predicted molar refractivity (Wildman–Crippen MR) is 89.6 cm³/mol. The van der Waals surface area contributed by atoms with Gasteiger partial charge in [0.1, 0.15) is 5.82 Å². The first-order valence-corrected chi connectivity index (χ1v) is 7.67. The molecule has 1 aromatic carbocycles. The topological polar surface area (TPSA) is 60.0 Å². The van der Waals surface area contributed by atoms with Crippen LogP contribution in [0.15, 0.2) is 48.9 Å². The molecule has 23 heavy (non-hydrogen) atoms. The average molecular weight is 309 g/mol. The molecule has 0 aliphatic carbocycles. The van der Waals surface area contributed by atoms with Crippen LogP contribution in [-0.2, 0) is 0 Å². The maximum Gasteiger partial charge on any atom is 0.161 e. The second-order valence-electron chi connectivity index (χ2n) is 4.91. The first-order valence-electron chi connectivity index (χ1n) is 7.67. The summed E-state index contributed by atoms with van der Waals surface area (Å²) in [4.78, 5) is 11.8. The van der Waals surface area contributed by atoms with Gasteiger partial charge in [-0.15, -0.1) is 0 Å². The second kappa shape index (κ2) is 6.96. The van der Waals surface area contributed by atoms with Crippen molar-refractivity contribution in [2.75, 3.05) is 13.2 Å². The molecule has 0 spiro atoms. The van der Waals surface area contributed by atoms with Crippen molar-refractivity contribution in [3.05, 3.63) is 48.9 Å². The molecule has 0 saturated carbocycles. The molecule has 0 fully saturated rings. The lowest BCUT2D eigenvalue weighted by molar-refractivity contribution is 0.288. The van der Waals surface area contributed by atoms with Crippen molar-refractivity contribution < 1.29 is 9.47 Å². The quantitative estimate of drug-likeness (QED) is 0.749. The van der Waals surface area contributed by atoms with Crippen LogP contribution < -0.4 is 9.47 Å². The molecule has 3 rings (SSSR count). The van der Waals surface area contributed by atoms with Crippen LogP contribution in [0.25, 0.3) is 22.6 Å². The third-order valence-corrected chi connectivity index (χ3v) is 3.38. The number of hydrogen-bond acceptors (Lipinski definition) is 4. The minimum Gasteiger partial charge on any atom is -0.490 e. The van der Waals surface area contributed by atoms with Crippen LogP contribution in [-0.4, -0.2) is 28.2 Å². The highest BCUT2D eigenvalue weighted by Gasteiger charge is 2.10. The highest BCUT2D eigenvalue weighted by molar-refractivity contribution is 5.67. The van der Waals surface area contributed by atoms with Crippen LogP contribution in [0.5, 0.6) is 11.5 Å². The zero-order chi connectivity index (χ0) is 16.1. The fourth-order valence-electron chi connectivity index (χ4n) is 2.34. The number of rotatable bonds is 6. The van der Waals surface area contributed by atoms with Gasteiger partial charge >= 0.3 is 0 Å².